The molecule has 110 valence electrons. The zero-order valence-electron chi connectivity index (χ0n) is 11.7. The van der Waals surface area contributed by atoms with Gasteiger partial charge >= 0.3 is 0 Å². The van der Waals surface area contributed by atoms with Gasteiger partial charge in [0, 0.05) is 19.0 Å². The van der Waals surface area contributed by atoms with E-state index >= 15 is 0 Å². The second-order valence-electron chi connectivity index (χ2n) is 5.01. The first-order valence-electron chi connectivity index (χ1n) is 6.99. The van der Waals surface area contributed by atoms with Crippen molar-refractivity contribution in [2.75, 3.05) is 19.6 Å². The van der Waals surface area contributed by atoms with Crippen LogP contribution in [0.25, 0.3) is 0 Å². The molecule has 0 spiro atoms. The van der Waals surface area contributed by atoms with Crippen LogP contribution in [0.1, 0.15) is 35.9 Å². The molecular formula is C14H21N3O3. The van der Waals surface area contributed by atoms with Gasteiger partial charge in [-0.05, 0) is 25.5 Å². The van der Waals surface area contributed by atoms with Gasteiger partial charge in [-0.1, -0.05) is 6.92 Å². The number of nitrogens with zero attached hydrogens (tertiary/aromatic N) is 1. The summed E-state index contributed by atoms with van der Waals surface area (Å²) in [6, 6.07) is 1.66. The molecule has 1 aromatic heterocycles. The Bertz CT molecular complexity index is 478. The van der Waals surface area contributed by atoms with E-state index in [0.717, 1.165) is 19.4 Å². The predicted octanol–water partition coefficient (Wildman–Crippen LogP) is 0.521. The zero-order valence-corrected chi connectivity index (χ0v) is 11.7. The molecule has 1 aromatic rings. The van der Waals surface area contributed by atoms with Crippen LogP contribution in [0.2, 0.25) is 0 Å². The molecule has 6 heteroatoms. The summed E-state index contributed by atoms with van der Waals surface area (Å²) in [5, 5.41) is 3.25. The number of primary amides is 1. The van der Waals surface area contributed by atoms with Gasteiger partial charge in [0.15, 0.2) is 0 Å². The molecule has 0 saturated carbocycles. The molecule has 0 radical (unpaired) electrons. The largest absolute Gasteiger partial charge is 0.469 e. The molecule has 1 unspecified atom stereocenters. The highest BCUT2D eigenvalue weighted by molar-refractivity contribution is 5.97. The van der Waals surface area contributed by atoms with Gasteiger partial charge in [-0.15, -0.1) is 0 Å². The van der Waals surface area contributed by atoms with Gasteiger partial charge in [0.1, 0.15) is 5.76 Å². The summed E-state index contributed by atoms with van der Waals surface area (Å²) in [5.74, 6) is -0.0261. The summed E-state index contributed by atoms with van der Waals surface area (Å²) in [5.41, 5.74) is 5.81. The minimum Gasteiger partial charge on any atom is -0.469 e. The highest BCUT2D eigenvalue weighted by atomic mass is 16.3. The third-order valence-electron chi connectivity index (χ3n) is 3.60. The number of carbonyl (C=O) groups excluding carboxylic acids is 2. The van der Waals surface area contributed by atoms with E-state index in [9.17, 15) is 9.59 Å². The summed E-state index contributed by atoms with van der Waals surface area (Å²) in [7, 11) is 0. The summed E-state index contributed by atoms with van der Waals surface area (Å²) in [6.07, 6.45) is 4.01. The van der Waals surface area contributed by atoms with E-state index in [1.807, 2.05) is 6.92 Å². The Morgan fingerprint density at radius 3 is 2.95 bits per heavy atom. The smallest absolute Gasteiger partial charge is 0.258 e. The molecule has 3 N–H and O–H groups in total. The minimum atomic E-state index is -0.495. The lowest BCUT2D eigenvalue weighted by molar-refractivity contribution is -0.119. The quantitative estimate of drug-likeness (QED) is 0.822. The molecular weight excluding hydrogens is 258 g/mol. The van der Waals surface area contributed by atoms with Crippen LogP contribution in [0.3, 0.4) is 0 Å². The van der Waals surface area contributed by atoms with Crippen LogP contribution in [0.4, 0.5) is 0 Å². The van der Waals surface area contributed by atoms with E-state index in [-0.39, 0.29) is 18.5 Å². The van der Waals surface area contributed by atoms with Crippen molar-refractivity contribution in [1.82, 2.24) is 10.2 Å². The van der Waals surface area contributed by atoms with E-state index < -0.39 is 5.91 Å². The van der Waals surface area contributed by atoms with E-state index in [1.165, 1.54) is 6.26 Å². The number of amides is 2. The molecule has 1 saturated heterocycles. The number of nitrogens with two attached hydrogens (primary N) is 1. The number of piperidine rings is 1. The fourth-order valence-electron chi connectivity index (χ4n) is 2.59. The number of hydrogen-bond acceptors (Lipinski definition) is 4. The van der Waals surface area contributed by atoms with Crippen LogP contribution in [-0.4, -0.2) is 42.4 Å². The molecule has 2 amide bonds. The Balaban J connectivity index is 2.21. The first-order valence-corrected chi connectivity index (χ1v) is 6.99. The van der Waals surface area contributed by atoms with Gasteiger partial charge in [-0.2, -0.15) is 0 Å². The Kier molecular flexibility index (Phi) is 4.79. The Morgan fingerprint density at radius 2 is 2.35 bits per heavy atom. The van der Waals surface area contributed by atoms with Crippen LogP contribution in [-0.2, 0) is 11.2 Å². The molecule has 1 atom stereocenters. The van der Waals surface area contributed by atoms with Crippen molar-refractivity contribution < 1.29 is 14.0 Å². The number of furan rings is 1. The first-order chi connectivity index (χ1) is 9.63. The van der Waals surface area contributed by atoms with Crippen molar-refractivity contribution in [1.29, 1.82) is 0 Å². The molecule has 1 fully saturated rings. The fraction of sp³-hybridized carbons (Fsp3) is 0.571. The normalized spacial score (nSPS) is 18.8. The summed E-state index contributed by atoms with van der Waals surface area (Å²) >= 11 is 0. The Morgan fingerprint density at radius 1 is 1.55 bits per heavy atom. The van der Waals surface area contributed by atoms with Gasteiger partial charge in [-0.25, -0.2) is 0 Å². The average molecular weight is 279 g/mol. The minimum absolute atomic E-state index is 0.00311. The lowest BCUT2D eigenvalue weighted by Gasteiger charge is -2.33. The van der Waals surface area contributed by atoms with Gasteiger partial charge in [0.05, 0.1) is 18.4 Å². The Hall–Kier alpha value is -1.82. The van der Waals surface area contributed by atoms with Crippen molar-refractivity contribution in [2.45, 2.75) is 32.2 Å². The number of carbonyl (C=O) groups is 2. The fourth-order valence-corrected chi connectivity index (χ4v) is 2.59. The van der Waals surface area contributed by atoms with Gasteiger partial charge in [0.25, 0.3) is 5.91 Å². The molecule has 6 nitrogen and oxygen atoms in total. The van der Waals surface area contributed by atoms with Crippen LogP contribution >= 0.6 is 0 Å². The van der Waals surface area contributed by atoms with Crippen LogP contribution in [0.15, 0.2) is 16.7 Å². The van der Waals surface area contributed by atoms with E-state index in [2.05, 4.69) is 5.32 Å². The monoisotopic (exact) mass is 279 g/mol. The standard InChI is InChI=1S/C14H21N3O3/c1-2-12-11(5-7-20-12)14(19)17(9-13(15)18)10-4-3-6-16-8-10/h5,7,10,16H,2-4,6,8-9H2,1H3,(H2,15,18). The molecule has 0 bridgehead atoms. The van der Waals surface area contributed by atoms with Gasteiger partial charge < -0.3 is 20.4 Å². The topological polar surface area (TPSA) is 88.6 Å². The van der Waals surface area contributed by atoms with Crippen molar-refractivity contribution in [3.05, 3.63) is 23.7 Å². The van der Waals surface area contributed by atoms with E-state index in [1.54, 1.807) is 11.0 Å². The summed E-state index contributed by atoms with van der Waals surface area (Å²) in [4.78, 5) is 25.5. The highest BCUT2D eigenvalue weighted by Gasteiger charge is 2.29. The third-order valence-corrected chi connectivity index (χ3v) is 3.60. The second-order valence-corrected chi connectivity index (χ2v) is 5.01. The van der Waals surface area contributed by atoms with Gasteiger partial charge in [0.2, 0.25) is 5.91 Å². The maximum atomic E-state index is 12.7. The van der Waals surface area contributed by atoms with Gasteiger partial charge in [-0.3, -0.25) is 9.59 Å². The molecule has 1 aliphatic rings. The summed E-state index contributed by atoms with van der Waals surface area (Å²) in [6.45, 7) is 3.51. The average Bonchev–Trinajstić information content (AvgIpc) is 2.93. The van der Waals surface area contributed by atoms with Crippen molar-refractivity contribution in [2.24, 2.45) is 5.73 Å². The second kappa shape index (κ2) is 6.56. The van der Waals surface area contributed by atoms with Crippen LogP contribution in [0.5, 0.6) is 0 Å². The maximum absolute atomic E-state index is 12.7. The number of hydrogen-bond donors (Lipinski definition) is 2. The molecule has 1 aliphatic heterocycles. The van der Waals surface area contributed by atoms with Crippen molar-refractivity contribution in [3.63, 3.8) is 0 Å². The maximum Gasteiger partial charge on any atom is 0.258 e. The van der Waals surface area contributed by atoms with Crippen molar-refractivity contribution >= 4 is 11.8 Å². The van der Waals surface area contributed by atoms with E-state index in [4.69, 9.17) is 10.2 Å². The Labute approximate surface area is 118 Å². The molecule has 0 aromatic carbocycles. The molecule has 20 heavy (non-hydrogen) atoms. The van der Waals surface area contributed by atoms with Crippen LogP contribution < -0.4 is 11.1 Å². The highest BCUT2D eigenvalue weighted by Crippen LogP contribution is 2.18. The van der Waals surface area contributed by atoms with Crippen LogP contribution in [0, 0.1) is 0 Å². The number of aryl methyl sites for hydroxylation is 1. The zero-order chi connectivity index (χ0) is 14.5. The summed E-state index contributed by atoms with van der Waals surface area (Å²) < 4.78 is 5.30. The predicted molar refractivity (Wildman–Crippen MR) is 74.2 cm³/mol. The lowest BCUT2D eigenvalue weighted by Crippen LogP contribution is -2.51. The van der Waals surface area contributed by atoms with Crippen molar-refractivity contribution in [3.8, 4) is 0 Å². The number of nitrogens with one attached hydrogen (secondary N) is 1. The SMILES string of the molecule is CCc1occc1C(=O)N(CC(N)=O)C1CCCNC1. The first kappa shape index (κ1) is 14.6. The van der Waals surface area contributed by atoms with E-state index in [0.29, 0.717) is 24.3 Å². The molecule has 2 heterocycles. The molecule has 2 rings (SSSR count). The number of rotatable bonds is 5. The third kappa shape index (κ3) is 3.19. The lowest BCUT2D eigenvalue weighted by atomic mass is 10.0. The molecule has 0 aliphatic carbocycles.